The fourth-order valence-corrected chi connectivity index (χ4v) is 2.86. The van der Waals surface area contributed by atoms with E-state index in [1.807, 2.05) is 48.5 Å². The third kappa shape index (κ3) is 12.0. The van der Waals surface area contributed by atoms with Crippen LogP contribution in [0.1, 0.15) is 0 Å². The van der Waals surface area contributed by atoms with Gasteiger partial charge in [-0.15, -0.1) is 29.0 Å². The van der Waals surface area contributed by atoms with E-state index in [1.165, 1.54) is 6.19 Å². The molecule has 1 aromatic heterocycles. The number of rotatable bonds is 0. The third-order valence-corrected chi connectivity index (χ3v) is 3.78. The summed E-state index contributed by atoms with van der Waals surface area (Å²) in [6.45, 7) is 0. The quantitative estimate of drug-likeness (QED) is 0.115. The molecule has 3 rings (SSSR count). The van der Waals surface area contributed by atoms with Crippen molar-refractivity contribution in [1.29, 1.82) is 5.26 Å². The minimum atomic E-state index is -1.74. The molecular formula is C14H13I6N4O2P. The smallest absolute Gasteiger partial charge is 0.369 e. The van der Waals surface area contributed by atoms with E-state index >= 15 is 0 Å². The van der Waals surface area contributed by atoms with Crippen molar-refractivity contribution in [2.75, 3.05) is 0 Å². The van der Waals surface area contributed by atoms with Gasteiger partial charge in [-0.1, -0.05) is 30.3 Å². The van der Waals surface area contributed by atoms with Crippen LogP contribution < -0.4 is 24.7 Å². The van der Waals surface area contributed by atoms with E-state index in [-0.39, 0.29) is 29.9 Å². The summed E-state index contributed by atoms with van der Waals surface area (Å²) in [5.41, 5.74) is 10.1. The second kappa shape index (κ2) is 19.4. The summed E-state index contributed by atoms with van der Waals surface area (Å²) in [7, 11) is -1.74. The molecule has 0 saturated heterocycles. The monoisotopic (exact) mass is 1060 g/mol. The first-order valence-electron chi connectivity index (χ1n) is 6.37. The van der Waals surface area contributed by atoms with Gasteiger partial charge in [0.15, 0.2) is 5.58 Å². The molecule has 0 aliphatic rings. The fourth-order valence-electron chi connectivity index (χ4n) is 1.83. The standard InChI is InChI=1S/C12H8O2P.C2H4N4.I3.I2.HI/c13-15-12-8-4-2-6-10(12)9-5-1-3-7-11(9)14-15;3-1-6-2(4)5;1-3-2;1-2;/h1-8H;(H4,4,5,6);;;1H/q+1;;-1;;. The molecule has 27 heavy (non-hydrogen) atoms. The van der Waals surface area contributed by atoms with Crippen LogP contribution >= 0.6 is 106 Å². The van der Waals surface area contributed by atoms with Gasteiger partial charge in [0.1, 0.15) is 0 Å². The van der Waals surface area contributed by atoms with Crippen molar-refractivity contribution in [3.63, 3.8) is 0 Å². The van der Waals surface area contributed by atoms with E-state index in [0.29, 0.717) is 18.8 Å². The van der Waals surface area contributed by atoms with Crippen molar-refractivity contribution in [3.8, 4) is 6.19 Å². The van der Waals surface area contributed by atoms with Crippen LogP contribution in [0.5, 0.6) is 0 Å². The molecule has 3 aromatic rings. The Balaban J connectivity index is 0. The Morgan fingerprint density at radius 3 is 2.04 bits per heavy atom. The fraction of sp³-hybridized carbons (Fsp3) is 0. The number of nitrogens with zero attached hydrogens (tertiary/aromatic N) is 2. The number of hydrogen-bond donors (Lipinski definition) is 2. The zero-order valence-corrected chi connectivity index (χ0v) is 27.2. The Morgan fingerprint density at radius 2 is 1.56 bits per heavy atom. The predicted octanol–water partition coefficient (Wildman–Crippen LogP) is 4.23. The van der Waals surface area contributed by atoms with Crippen molar-refractivity contribution in [1.82, 2.24) is 0 Å². The summed E-state index contributed by atoms with van der Waals surface area (Å²) in [6, 6.07) is 15.3. The third-order valence-electron chi connectivity index (χ3n) is 2.64. The summed E-state index contributed by atoms with van der Waals surface area (Å²) in [4.78, 5) is 2.90. The van der Waals surface area contributed by atoms with Crippen molar-refractivity contribution in [3.05, 3.63) is 48.5 Å². The zero-order chi connectivity index (χ0) is 19.9. The second-order valence-electron chi connectivity index (χ2n) is 4.05. The maximum atomic E-state index is 11.8. The van der Waals surface area contributed by atoms with Crippen LogP contribution in [0.25, 0.3) is 21.5 Å². The van der Waals surface area contributed by atoms with E-state index < -0.39 is 7.65 Å². The van der Waals surface area contributed by atoms with Gasteiger partial charge in [-0.05, 0) is 22.8 Å². The topological polar surface area (TPSA) is 118 Å². The number of nitriles is 1. The van der Waals surface area contributed by atoms with Crippen molar-refractivity contribution >= 4 is 134 Å². The Bertz CT molecular complexity index is 944. The molecule has 0 aliphatic heterocycles. The average molecular weight is 1060 g/mol. The number of halogens is 6. The molecule has 1 heterocycles. The normalized spacial score (nSPS) is 9.07. The Morgan fingerprint density at radius 1 is 1.07 bits per heavy atom. The van der Waals surface area contributed by atoms with Gasteiger partial charge in [0, 0.05) is 48.0 Å². The summed E-state index contributed by atoms with van der Waals surface area (Å²) in [5, 5.41) is 10.5. The number of guanidine groups is 1. The Labute approximate surface area is 227 Å². The van der Waals surface area contributed by atoms with E-state index in [9.17, 15) is 4.57 Å². The zero-order valence-electron chi connectivity index (χ0n) is 13.2. The van der Waals surface area contributed by atoms with Gasteiger partial charge in [-0.25, -0.2) is 4.20 Å². The number of para-hydroxylation sites is 1. The van der Waals surface area contributed by atoms with E-state index in [4.69, 9.17) is 20.9 Å². The molecule has 0 bridgehead atoms. The molecule has 0 fully saturated rings. The molecule has 4 N–H and O–H groups in total. The van der Waals surface area contributed by atoms with Gasteiger partial charge in [-0.2, -0.15) is 5.26 Å². The first-order valence-corrected chi connectivity index (χ1v) is 26.4. The molecule has 6 nitrogen and oxygen atoms in total. The van der Waals surface area contributed by atoms with E-state index in [1.54, 1.807) is 0 Å². The minimum Gasteiger partial charge on any atom is -0.369 e. The average Bonchev–Trinajstić information content (AvgIpc) is 2.65. The van der Waals surface area contributed by atoms with Crippen molar-refractivity contribution in [2.24, 2.45) is 16.5 Å². The summed E-state index contributed by atoms with van der Waals surface area (Å²) >= 11 is 9.54. The second-order valence-corrected chi connectivity index (χ2v) is 21.5. The molecule has 13 heteroatoms. The van der Waals surface area contributed by atoms with Crippen LogP contribution in [0.3, 0.4) is 0 Å². The van der Waals surface area contributed by atoms with Gasteiger partial charge in [0.05, 0.1) is 0 Å². The first-order chi connectivity index (χ1) is 12.5. The van der Waals surface area contributed by atoms with E-state index in [2.05, 4.69) is 79.5 Å². The van der Waals surface area contributed by atoms with Crippen LogP contribution in [0, 0.1) is 11.5 Å². The molecular weight excluding hydrogens is 1050 g/mol. The van der Waals surface area contributed by atoms with E-state index in [0.717, 1.165) is 15.9 Å². The molecule has 1 atom stereocenters. The Kier molecular flexibility index (Phi) is 22.1. The summed E-state index contributed by atoms with van der Waals surface area (Å²) in [5.74, 6) is -0.197. The van der Waals surface area contributed by atoms with Crippen LogP contribution in [0.4, 0.5) is 0 Å². The Hall–Kier alpha value is 1.48. The van der Waals surface area contributed by atoms with Crippen LogP contribution in [0.15, 0.2) is 57.7 Å². The summed E-state index contributed by atoms with van der Waals surface area (Å²) in [6.07, 6.45) is 1.41. The molecule has 0 saturated carbocycles. The number of benzene rings is 2. The van der Waals surface area contributed by atoms with Gasteiger partial charge in [0.2, 0.25) is 17.3 Å². The van der Waals surface area contributed by atoms with Crippen molar-refractivity contribution < 1.29 is 22.0 Å². The maximum Gasteiger partial charge on any atom is 0.597 e. The SMILES string of the molecule is I.II.I[I-]I.N#CN=C(N)N.O=[p+]1oc2ccccc2c2ccccc21. The minimum absolute atomic E-state index is 0. The van der Waals surface area contributed by atoms with Gasteiger partial charge in [-0.3, -0.25) is 0 Å². The van der Waals surface area contributed by atoms with Crippen LogP contribution in [0.2, 0.25) is 0 Å². The molecule has 148 valence electrons. The summed E-state index contributed by atoms with van der Waals surface area (Å²) < 4.78 is 17.1. The maximum absolute atomic E-state index is 11.8. The van der Waals surface area contributed by atoms with Crippen LogP contribution in [-0.4, -0.2) is 5.96 Å². The molecule has 0 amide bonds. The first kappa shape index (κ1) is 30.7. The molecule has 0 spiro atoms. The predicted molar refractivity (Wildman–Crippen MR) is 154 cm³/mol. The molecule has 0 radical (unpaired) electrons. The van der Waals surface area contributed by atoms with Gasteiger partial charge < -0.3 is 11.5 Å². The molecule has 1 unspecified atom stereocenters. The number of aliphatic imine (C=N–C) groups is 1. The molecule has 2 aromatic carbocycles. The van der Waals surface area contributed by atoms with Gasteiger partial charge in [0.25, 0.3) is 0 Å². The number of fused-ring (bicyclic) bond motifs is 3. The molecule has 0 aliphatic carbocycles. The van der Waals surface area contributed by atoms with Crippen LogP contribution in [-0.2, 0) is 4.57 Å². The largest absolute Gasteiger partial charge is 0.597 e. The number of nitrogens with two attached hydrogens (primary N) is 2. The number of hydrogen-bond acceptors (Lipinski definition) is 4. The van der Waals surface area contributed by atoms with Crippen molar-refractivity contribution in [2.45, 2.75) is 0 Å². The van der Waals surface area contributed by atoms with Gasteiger partial charge >= 0.3 is 58.1 Å².